The van der Waals surface area contributed by atoms with Gasteiger partial charge in [-0.25, -0.2) is 4.39 Å². The molecule has 1 fully saturated rings. The highest BCUT2D eigenvalue weighted by atomic mass is 19.1. The smallest absolute Gasteiger partial charge is 0.323 e. The molecular formula is C12H11FO4. The number of aliphatic carboxylic acids is 1. The average molecular weight is 238 g/mol. The fraction of sp³-hybridized carbons (Fsp3) is 0.333. The van der Waals surface area contributed by atoms with Gasteiger partial charge < -0.3 is 9.84 Å². The Hall–Kier alpha value is -1.91. The van der Waals surface area contributed by atoms with E-state index in [1.807, 2.05) is 0 Å². The summed E-state index contributed by atoms with van der Waals surface area (Å²) < 4.78 is 18.0. The molecule has 2 atom stereocenters. The maximum absolute atomic E-state index is 13.5. The van der Waals surface area contributed by atoms with E-state index < -0.39 is 29.1 Å². The van der Waals surface area contributed by atoms with Crippen molar-refractivity contribution in [2.75, 3.05) is 7.11 Å². The normalized spacial score (nSPS) is 26.4. The number of rotatable bonds is 3. The summed E-state index contributed by atoms with van der Waals surface area (Å²) in [5.74, 6) is -3.23. The number of carbonyl (C=O) groups is 2. The van der Waals surface area contributed by atoms with Gasteiger partial charge in [0.15, 0.2) is 5.41 Å². The Labute approximate surface area is 97.0 Å². The van der Waals surface area contributed by atoms with Gasteiger partial charge in [-0.2, -0.15) is 0 Å². The molecule has 1 aromatic rings. The molecule has 0 spiro atoms. The molecule has 0 saturated heterocycles. The maximum atomic E-state index is 13.5. The lowest BCUT2D eigenvalue weighted by atomic mass is 9.99. The van der Waals surface area contributed by atoms with Gasteiger partial charge in [-0.05, 0) is 18.1 Å². The van der Waals surface area contributed by atoms with Gasteiger partial charge in [-0.3, -0.25) is 9.59 Å². The predicted octanol–water partition coefficient (Wildman–Crippen LogP) is 1.56. The van der Waals surface area contributed by atoms with E-state index in [0.717, 1.165) is 7.11 Å². The Bertz CT molecular complexity index is 485. The molecule has 2 rings (SSSR count). The van der Waals surface area contributed by atoms with Crippen LogP contribution in [0.5, 0.6) is 0 Å². The van der Waals surface area contributed by atoms with E-state index in [2.05, 4.69) is 4.74 Å². The molecule has 0 amide bonds. The first-order chi connectivity index (χ1) is 8.04. The highest BCUT2D eigenvalue weighted by Crippen LogP contribution is 2.60. The maximum Gasteiger partial charge on any atom is 0.323 e. The number of carboxylic acids is 1. The number of hydrogen-bond acceptors (Lipinski definition) is 3. The zero-order valence-electron chi connectivity index (χ0n) is 9.14. The summed E-state index contributed by atoms with van der Waals surface area (Å²) in [5.41, 5.74) is -1.36. The first-order valence-electron chi connectivity index (χ1n) is 5.10. The van der Waals surface area contributed by atoms with E-state index in [4.69, 9.17) is 5.11 Å². The highest BCUT2D eigenvalue weighted by molar-refractivity contribution is 6.04. The molecule has 1 N–H and O–H groups in total. The van der Waals surface area contributed by atoms with Crippen LogP contribution in [-0.2, 0) is 14.3 Å². The lowest BCUT2D eigenvalue weighted by molar-refractivity contribution is -0.159. The third kappa shape index (κ3) is 1.58. The van der Waals surface area contributed by atoms with E-state index in [1.165, 1.54) is 18.2 Å². The van der Waals surface area contributed by atoms with E-state index >= 15 is 0 Å². The molecule has 0 bridgehead atoms. The summed E-state index contributed by atoms with van der Waals surface area (Å²) >= 11 is 0. The van der Waals surface area contributed by atoms with Crippen LogP contribution < -0.4 is 0 Å². The first kappa shape index (κ1) is 11.6. The Morgan fingerprint density at radius 3 is 2.65 bits per heavy atom. The van der Waals surface area contributed by atoms with Crippen molar-refractivity contribution in [1.29, 1.82) is 0 Å². The van der Waals surface area contributed by atoms with E-state index in [0.29, 0.717) is 0 Å². The van der Waals surface area contributed by atoms with Crippen molar-refractivity contribution in [2.24, 2.45) is 5.41 Å². The van der Waals surface area contributed by atoms with Crippen LogP contribution in [0.25, 0.3) is 0 Å². The second-order valence-electron chi connectivity index (χ2n) is 4.05. The van der Waals surface area contributed by atoms with Crippen molar-refractivity contribution in [3.63, 3.8) is 0 Å². The molecule has 17 heavy (non-hydrogen) atoms. The summed E-state index contributed by atoms with van der Waals surface area (Å²) in [6.45, 7) is 0. The molecule has 0 radical (unpaired) electrons. The number of carboxylic acid groups (broad SMARTS) is 1. The van der Waals surface area contributed by atoms with Gasteiger partial charge in [0.25, 0.3) is 0 Å². The van der Waals surface area contributed by atoms with Crippen molar-refractivity contribution in [2.45, 2.75) is 12.3 Å². The zero-order valence-corrected chi connectivity index (χ0v) is 9.14. The number of carbonyl (C=O) groups excluding carboxylic acids is 1. The summed E-state index contributed by atoms with van der Waals surface area (Å²) in [5, 5.41) is 9.10. The second-order valence-corrected chi connectivity index (χ2v) is 4.05. The summed E-state index contributed by atoms with van der Waals surface area (Å²) in [6.07, 6.45) is 0.0793. The third-order valence-corrected chi connectivity index (χ3v) is 3.17. The van der Waals surface area contributed by atoms with Crippen LogP contribution in [0.2, 0.25) is 0 Å². The molecule has 0 aliphatic heterocycles. The van der Waals surface area contributed by atoms with Crippen molar-refractivity contribution in [3.8, 4) is 0 Å². The average Bonchev–Trinajstić information content (AvgIpc) is 3.05. The lowest BCUT2D eigenvalue weighted by Gasteiger charge is -2.10. The van der Waals surface area contributed by atoms with Crippen molar-refractivity contribution in [3.05, 3.63) is 35.6 Å². The molecule has 1 aromatic carbocycles. The molecular weight excluding hydrogens is 227 g/mol. The highest BCUT2D eigenvalue weighted by Gasteiger charge is 2.68. The molecule has 1 saturated carbocycles. The van der Waals surface area contributed by atoms with E-state index in [9.17, 15) is 14.0 Å². The minimum Gasteiger partial charge on any atom is -0.480 e. The Morgan fingerprint density at radius 1 is 1.47 bits per heavy atom. The van der Waals surface area contributed by atoms with Crippen LogP contribution >= 0.6 is 0 Å². The Balaban J connectivity index is 2.36. The van der Waals surface area contributed by atoms with Crippen molar-refractivity contribution in [1.82, 2.24) is 0 Å². The molecule has 1 aliphatic rings. The van der Waals surface area contributed by atoms with Gasteiger partial charge in [-0.1, -0.05) is 18.2 Å². The van der Waals surface area contributed by atoms with Gasteiger partial charge in [0.2, 0.25) is 0 Å². The molecule has 1 aliphatic carbocycles. The van der Waals surface area contributed by atoms with Crippen LogP contribution in [0.15, 0.2) is 24.3 Å². The summed E-state index contributed by atoms with van der Waals surface area (Å²) in [6, 6.07) is 5.87. The van der Waals surface area contributed by atoms with Gasteiger partial charge in [-0.15, -0.1) is 0 Å². The third-order valence-electron chi connectivity index (χ3n) is 3.17. The largest absolute Gasteiger partial charge is 0.480 e. The fourth-order valence-electron chi connectivity index (χ4n) is 2.13. The van der Waals surface area contributed by atoms with Crippen molar-refractivity contribution < 1.29 is 23.8 Å². The number of esters is 1. The Kier molecular flexibility index (Phi) is 2.61. The van der Waals surface area contributed by atoms with Gasteiger partial charge in [0.05, 0.1) is 7.11 Å². The van der Waals surface area contributed by atoms with Crippen LogP contribution in [-0.4, -0.2) is 24.2 Å². The van der Waals surface area contributed by atoms with E-state index in [-0.39, 0.29) is 12.0 Å². The SMILES string of the molecule is COC(=O)C1(C(=O)O)CC1c1ccccc1F. The van der Waals surface area contributed by atoms with Crippen LogP contribution in [0, 0.1) is 11.2 Å². The zero-order chi connectivity index (χ0) is 12.6. The molecule has 90 valence electrons. The van der Waals surface area contributed by atoms with Crippen molar-refractivity contribution >= 4 is 11.9 Å². The van der Waals surface area contributed by atoms with Crippen LogP contribution in [0.4, 0.5) is 4.39 Å². The second kappa shape index (κ2) is 3.84. The molecule has 0 heterocycles. The van der Waals surface area contributed by atoms with Gasteiger partial charge in [0, 0.05) is 5.92 Å². The lowest BCUT2D eigenvalue weighted by Crippen LogP contribution is -2.28. The number of methoxy groups -OCH3 is 1. The topological polar surface area (TPSA) is 63.6 Å². The van der Waals surface area contributed by atoms with Gasteiger partial charge in [0.1, 0.15) is 5.82 Å². The predicted molar refractivity (Wildman–Crippen MR) is 55.8 cm³/mol. The summed E-state index contributed by atoms with van der Waals surface area (Å²) in [4.78, 5) is 22.7. The number of hydrogen-bond donors (Lipinski definition) is 1. The van der Waals surface area contributed by atoms with Crippen LogP contribution in [0.1, 0.15) is 17.9 Å². The minimum atomic E-state index is -1.61. The molecule has 5 heteroatoms. The number of ether oxygens (including phenoxy) is 1. The summed E-state index contributed by atoms with van der Waals surface area (Å²) in [7, 11) is 1.13. The minimum absolute atomic E-state index is 0.0793. The molecule has 0 aromatic heterocycles. The molecule has 2 unspecified atom stereocenters. The first-order valence-corrected chi connectivity index (χ1v) is 5.10. The molecule has 4 nitrogen and oxygen atoms in total. The quantitative estimate of drug-likeness (QED) is 0.641. The number of benzene rings is 1. The fourth-order valence-corrected chi connectivity index (χ4v) is 2.13. The van der Waals surface area contributed by atoms with Crippen LogP contribution in [0.3, 0.4) is 0 Å². The van der Waals surface area contributed by atoms with E-state index in [1.54, 1.807) is 6.07 Å². The monoisotopic (exact) mass is 238 g/mol. The van der Waals surface area contributed by atoms with Gasteiger partial charge >= 0.3 is 11.9 Å². The standard InChI is InChI=1S/C12H11FO4/c1-17-11(16)12(10(14)15)6-8(12)7-4-2-3-5-9(7)13/h2-5,8H,6H2,1H3,(H,14,15). The Morgan fingerprint density at radius 2 is 2.12 bits per heavy atom. The number of halogens is 1.